The summed E-state index contributed by atoms with van der Waals surface area (Å²) in [5.41, 5.74) is 7.22. The number of ether oxygens (including phenoxy) is 2. The summed E-state index contributed by atoms with van der Waals surface area (Å²) in [6.07, 6.45) is 1.85. The number of hydrazone groups is 1. The molecule has 0 aliphatic carbocycles. The topological polar surface area (TPSA) is 94.0 Å². The Bertz CT molecular complexity index is 1220. The van der Waals surface area contributed by atoms with Gasteiger partial charge in [0.2, 0.25) is 11.8 Å². The maximum absolute atomic E-state index is 12.1. The molecule has 0 unspecified atom stereocenters. The van der Waals surface area contributed by atoms with Gasteiger partial charge in [-0.25, -0.2) is 5.43 Å². The van der Waals surface area contributed by atoms with E-state index >= 15 is 0 Å². The number of carbonyl (C=O) groups excluding carboxylic acids is 2. The molecule has 0 fully saturated rings. The molecule has 2 amide bonds. The summed E-state index contributed by atoms with van der Waals surface area (Å²) in [5.74, 6) is 0.405. The minimum atomic E-state index is -0.489. The van der Waals surface area contributed by atoms with Crippen molar-refractivity contribution in [1.82, 2.24) is 15.3 Å². The van der Waals surface area contributed by atoms with Crippen LogP contribution in [-0.4, -0.2) is 43.4 Å². The highest BCUT2D eigenvalue weighted by molar-refractivity contribution is 6.30. The third kappa shape index (κ3) is 6.86. The quantitative estimate of drug-likeness (QED) is 0.252. The number of nitrogens with zero attached hydrogens (tertiary/aromatic N) is 2. The predicted octanol–water partition coefficient (Wildman–Crippen LogP) is 3.96. The van der Waals surface area contributed by atoms with Crippen LogP contribution in [0.5, 0.6) is 11.5 Å². The van der Waals surface area contributed by atoms with E-state index in [1.54, 1.807) is 20.4 Å². The molecule has 0 spiro atoms. The van der Waals surface area contributed by atoms with Gasteiger partial charge in [0.15, 0.2) is 11.5 Å². The number of nitrogens with one attached hydrogen (secondary N) is 2. The van der Waals surface area contributed by atoms with Crippen LogP contribution in [0.4, 0.5) is 0 Å². The first-order valence-corrected chi connectivity index (χ1v) is 11.4. The zero-order chi connectivity index (χ0) is 25.4. The van der Waals surface area contributed by atoms with Crippen LogP contribution < -0.4 is 20.2 Å². The van der Waals surface area contributed by atoms with Crippen molar-refractivity contribution in [1.29, 1.82) is 0 Å². The molecule has 0 saturated heterocycles. The van der Waals surface area contributed by atoms with Crippen molar-refractivity contribution >= 4 is 29.6 Å². The summed E-state index contributed by atoms with van der Waals surface area (Å²) in [6, 6.07) is 15.1. The van der Waals surface area contributed by atoms with Crippen molar-refractivity contribution in [3.05, 3.63) is 76.1 Å². The normalized spacial score (nSPS) is 10.9. The monoisotopic (exact) mass is 496 g/mol. The molecular formula is C26H29ClN4O4. The van der Waals surface area contributed by atoms with E-state index in [4.69, 9.17) is 21.1 Å². The summed E-state index contributed by atoms with van der Waals surface area (Å²) in [7, 11) is 3.15. The molecule has 0 saturated carbocycles. The second kappa shape index (κ2) is 12.1. The van der Waals surface area contributed by atoms with Gasteiger partial charge in [0.05, 0.1) is 20.4 Å². The second-order valence-corrected chi connectivity index (χ2v) is 8.33. The Kier molecular flexibility index (Phi) is 8.92. The lowest BCUT2D eigenvalue weighted by Crippen LogP contribution is -2.31. The van der Waals surface area contributed by atoms with Crippen LogP contribution >= 0.6 is 11.6 Å². The van der Waals surface area contributed by atoms with E-state index in [-0.39, 0.29) is 12.3 Å². The molecule has 0 bridgehead atoms. The SMILES string of the molecule is COc1ccc(CCNC(=O)CC(=O)N/N=C/c2cc(C)n(-c3ccc(Cl)cc3)c2C)cc1OC. The molecule has 0 radical (unpaired) electrons. The lowest BCUT2D eigenvalue weighted by Gasteiger charge is -2.10. The van der Waals surface area contributed by atoms with Gasteiger partial charge in [0, 0.05) is 34.2 Å². The Labute approximate surface area is 209 Å². The molecule has 35 heavy (non-hydrogen) atoms. The van der Waals surface area contributed by atoms with Crippen LogP contribution in [0.2, 0.25) is 5.02 Å². The van der Waals surface area contributed by atoms with Gasteiger partial charge in [-0.05, 0) is 68.3 Å². The van der Waals surface area contributed by atoms with E-state index in [1.807, 2.05) is 62.4 Å². The van der Waals surface area contributed by atoms with Crippen LogP contribution in [0.3, 0.4) is 0 Å². The third-order valence-electron chi connectivity index (χ3n) is 5.45. The Morgan fingerprint density at radius 3 is 2.40 bits per heavy atom. The first-order chi connectivity index (χ1) is 16.8. The van der Waals surface area contributed by atoms with Crippen LogP contribution in [0.25, 0.3) is 5.69 Å². The van der Waals surface area contributed by atoms with E-state index in [9.17, 15) is 9.59 Å². The average molecular weight is 497 g/mol. The molecule has 184 valence electrons. The minimum absolute atomic E-state index is 0.312. The Morgan fingerprint density at radius 2 is 1.71 bits per heavy atom. The van der Waals surface area contributed by atoms with Crippen molar-refractivity contribution < 1.29 is 19.1 Å². The van der Waals surface area contributed by atoms with Crippen LogP contribution in [0.1, 0.15) is 28.9 Å². The van der Waals surface area contributed by atoms with Gasteiger partial charge >= 0.3 is 0 Å². The number of carbonyl (C=O) groups is 2. The van der Waals surface area contributed by atoms with Crippen molar-refractivity contribution in [3.63, 3.8) is 0 Å². The number of hydrogen-bond donors (Lipinski definition) is 2. The fourth-order valence-corrected chi connectivity index (χ4v) is 3.84. The number of rotatable bonds is 10. The lowest BCUT2D eigenvalue weighted by atomic mass is 10.1. The fraction of sp³-hybridized carbons (Fsp3) is 0.269. The molecule has 1 heterocycles. The number of methoxy groups -OCH3 is 2. The first kappa shape index (κ1) is 25.8. The summed E-state index contributed by atoms with van der Waals surface area (Å²) >= 11 is 5.99. The highest BCUT2D eigenvalue weighted by Gasteiger charge is 2.11. The largest absolute Gasteiger partial charge is 0.493 e. The fourth-order valence-electron chi connectivity index (χ4n) is 3.71. The predicted molar refractivity (Wildman–Crippen MR) is 137 cm³/mol. The van der Waals surface area contributed by atoms with Crippen molar-refractivity contribution in [2.75, 3.05) is 20.8 Å². The van der Waals surface area contributed by atoms with E-state index < -0.39 is 5.91 Å². The third-order valence-corrected chi connectivity index (χ3v) is 5.70. The van der Waals surface area contributed by atoms with Gasteiger partial charge in [-0.2, -0.15) is 5.10 Å². The average Bonchev–Trinajstić information content (AvgIpc) is 3.12. The molecular weight excluding hydrogens is 468 g/mol. The van der Waals surface area contributed by atoms with E-state index in [2.05, 4.69) is 20.4 Å². The first-order valence-electron chi connectivity index (χ1n) is 11.1. The molecule has 2 N–H and O–H groups in total. The van der Waals surface area contributed by atoms with Gasteiger partial charge in [-0.15, -0.1) is 0 Å². The summed E-state index contributed by atoms with van der Waals surface area (Å²) in [4.78, 5) is 24.2. The van der Waals surface area contributed by atoms with Crippen molar-refractivity contribution in [2.45, 2.75) is 26.7 Å². The van der Waals surface area contributed by atoms with Gasteiger partial charge in [-0.3, -0.25) is 9.59 Å². The Morgan fingerprint density at radius 1 is 1.00 bits per heavy atom. The molecule has 3 rings (SSSR count). The van der Waals surface area contributed by atoms with Crippen LogP contribution in [0, 0.1) is 13.8 Å². The minimum Gasteiger partial charge on any atom is -0.493 e. The van der Waals surface area contributed by atoms with E-state index in [1.165, 1.54) is 0 Å². The van der Waals surface area contributed by atoms with Crippen LogP contribution in [-0.2, 0) is 16.0 Å². The molecule has 8 nitrogen and oxygen atoms in total. The second-order valence-electron chi connectivity index (χ2n) is 7.90. The molecule has 1 aromatic heterocycles. The number of aromatic nitrogens is 1. The Hall–Kier alpha value is -3.78. The number of aryl methyl sites for hydroxylation is 1. The maximum atomic E-state index is 12.1. The maximum Gasteiger partial charge on any atom is 0.249 e. The highest BCUT2D eigenvalue weighted by atomic mass is 35.5. The van der Waals surface area contributed by atoms with Crippen molar-refractivity contribution in [2.24, 2.45) is 5.10 Å². The van der Waals surface area contributed by atoms with Gasteiger partial charge in [0.25, 0.3) is 0 Å². The number of halogens is 1. The zero-order valence-electron chi connectivity index (χ0n) is 20.2. The van der Waals surface area contributed by atoms with Gasteiger partial charge < -0.3 is 19.4 Å². The molecule has 9 heteroatoms. The molecule has 2 aromatic carbocycles. The number of amides is 2. The molecule has 0 atom stereocenters. The highest BCUT2D eigenvalue weighted by Crippen LogP contribution is 2.27. The Balaban J connectivity index is 1.48. The summed E-state index contributed by atoms with van der Waals surface area (Å²) < 4.78 is 12.6. The van der Waals surface area contributed by atoms with Gasteiger partial charge in [-0.1, -0.05) is 17.7 Å². The lowest BCUT2D eigenvalue weighted by molar-refractivity contribution is -0.129. The van der Waals surface area contributed by atoms with E-state index in [0.29, 0.717) is 29.5 Å². The smallest absolute Gasteiger partial charge is 0.249 e. The summed E-state index contributed by atoms with van der Waals surface area (Å²) in [5, 5.41) is 7.43. The summed E-state index contributed by atoms with van der Waals surface area (Å²) in [6.45, 7) is 4.35. The number of benzene rings is 2. The molecule has 0 aliphatic rings. The van der Waals surface area contributed by atoms with E-state index in [0.717, 1.165) is 28.2 Å². The van der Waals surface area contributed by atoms with Crippen molar-refractivity contribution in [3.8, 4) is 17.2 Å². The standard InChI is InChI=1S/C26H29ClN4O4/c1-17-13-20(18(2)31(17)22-8-6-21(27)7-9-22)16-29-30-26(33)15-25(32)28-12-11-19-5-10-23(34-3)24(14-19)35-4/h5-10,13-14,16H,11-12,15H2,1-4H3,(H,28,32)(H,30,33)/b29-16+. The van der Waals surface area contributed by atoms with Gasteiger partial charge in [0.1, 0.15) is 6.42 Å². The number of hydrogen-bond acceptors (Lipinski definition) is 5. The van der Waals surface area contributed by atoms with Crippen LogP contribution in [0.15, 0.2) is 53.6 Å². The molecule has 3 aromatic rings. The zero-order valence-corrected chi connectivity index (χ0v) is 21.0. The molecule has 0 aliphatic heterocycles.